The number of hydrogen-bond acceptors (Lipinski definition) is 2. The van der Waals surface area contributed by atoms with Gasteiger partial charge in [0.25, 0.3) is 0 Å². The molecule has 104 valence electrons. The number of anilines is 1. The molecule has 0 spiro atoms. The molecule has 3 rings (SSSR count). The van der Waals surface area contributed by atoms with Crippen molar-refractivity contribution in [2.45, 2.75) is 13.8 Å². The van der Waals surface area contributed by atoms with Gasteiger partial charge in [-0.15, -0.1) is 0 Å². The largest absolute Gasteiger partial charge is 0.369 e. The molecule has 0 aromatic heterocycles. The van der Waals surface area contributed by atoms with Gasteiger partial charge in [-0.05, 0) is 48.2 Å². The van der Waals surface area contributed by atoms with Crippen LogP contribution in [0.15, 0.2) is 42.5 Å². The van der Waals surface area contributed by atoms with Crippen molar-refractivity contribution >= 4 is 5.69 Å². The second-order valence-electron chi connectivity index (χ2n) is 5.53. The lowest BCUT2D eigenvalue weighted by Crippen LogP contribution is -2.43. The summed E-state index contributed by atoms with van der Waals surface area (Å²) in [6.45, 7) is 8.74. The van der Waals surface area contributed by atoms with E-state index in [1.165, 1.54) is 27.9 Å². The van der Waals surface area contributed by atoms with Crippen LogP contribution in [-0.2, 0) is 0 Å². The van der Waals surface area contributed by atoms with Gasteiger partial charge in [0.2, 0.25) is 0 Å². The first-order chi connectivity index (χ1) is 9.75. The summed E-state index contributed by atoms with van der Waals surface area (Å²) in [6, 6.07) is 15.5. The maximum Gasteiger partial charge on any atom is 0.0367 e. The third-order valence-corrected chi connectivity index (χ3v) is 4.27. The number of aryl methyl sites for hydroxylation is 1. The SMILES string of the molecule is Cc1cccc(-c2ccc(N3CCNCC3)cc2)c1C. The van der Waals surface area contributed by atoms with Crippen LogP contribution in [0.25, 0.3) is 11.1 Å². The summed E-state index contributed by atoms with van der Waals surface area (Å²) in [7, 11) is 0. The third kappa shape index (κ3) is 2.56. The van der Waals surface area contributed by atoms with Gasteiger partial charge < -0.3 is 10.2 Å². The molecule has 2 aromatic rings. The van der Waals surface area contributed by atoms with Gasteiger partial charge in [-0.3, -0.25) is 0 Å². The van der Waals surface area contributed by atoms with Gasteiger partial charge >= 0.3 is 0 Å². The zero-order chi connectivity index (χ0) is 13.9. The molecule has 0 aliphatic carbocycles. The molecular formula is C18H22N2. The molecule has 1 N–H and O–H groups in total. The van der Waals surface area contributed by atoms with E-state index in [9.17, 15) is 0 Å². The topological polar surface area (TPSA) is 15.3 Å². The molecular weight excluding hydrogens is 244 g/mol. The summed E-state index contributed by atoms with van der Waals surface area (Å²) in [4.78, 5) is 2.45. The fraction of sp³-hybridized carbons (Fsp3) is 0.333. The van der Waals surface area contributed by atoms with Gasteiger partial charge in [-0.1, -0.05) is 30.3 Å². The first kappa shape index (κ1) is 13.2. The van der Waals surface area contributed by atoms with Gasteiger partial charge in [-0.2, -0.15) is 0 Å². The smallest absolute Gasteiger partial charge is 0.0367 e. The Hall–Kier alpha value is -1.80. The Morgan fingerprint density at radius 1 is 0.900 bits per heavy atom. The van der Waals surface area contributed by atoms with Crippen molar-refractivity contribution in [1.29, 1.82) is 0 Å². The Bertz CT molecular complexity index is 581. The molecule has 0 atom stereocenters. The van der Waals surface area contributed by atoms with E-state index in [0.717, 1.165) is 26.2 Å². The normalized spacial score (nSPS) is 15.4. The standard InChI is InChI=1S/C18H22N2/c1-14-4-3-5-18(15(14)2)16-6-8-17(9-7-16)20-12-10-19-11-13-20/h3-9,19H,10-13H2,1-2H3. The lowest BCUT2D eigenvalue weighted by Gasteiger charge is -2.29. The molecule has 2 aromatic carbocycles. The zero-order valence-electron chi connectivity index (χ0n) is 12.3. The van der Waals surface area contributed by atoms with Crippen molar-refractivity contribution in [3.8, 4) is 11.1 Å². The number of nitrogens with zero attached hydrogens (tertiary/aromatic N) is 1. The molecule has 1 heterocycles. The van der Waals surface area contributed by atoms with Crippen LogP contribution in [0.1, 0.15) is 11.1 Å². The van der Waals surface area contributed by atoms with Crippen molar-refractivity contribution in [2.24, 2.45) is 0 Å². The van der Waals surface area contributed by atoms with Crippen LogP contribution in [0.4, 0.5) is 5.69 Å². The minimum atomic E-state index is 1.08. The van der Waals surface area contributed by atoms with E-state index in [-0.39, 0.29) is 0 Å². The predicted octanol–water partition coefficient (Wildman–Crippen LogP) is 3.38. The number of benzene rings is 2. The summed E-state index contributed by atoms with van der Waals surface area (Å²) < 4.78 is 0. The van der Waals surface area contributed by atoms with E-state index in [4.69, 9.17) is 0 Å². The minimum Gasteiger partial charge on any atom is -0.369 e. The van der Waals surface area contributed by atoms with Gasteiger partial charge in [-0.25, -0.2) is 0 Å². The van der Waals surface area contributed by atoms with Crippen molar-refractivity contribution in [3.05, 3.63) is 53.6 Å². The maximum absolute atomic E-state index is 3.39. The molecule has 1 saturated heterocycles. The Kier molecular flexibility index (Phi) is 3.75. The Labute approximate surface area is 121 Å². The number of piperazine rings is 1. The summed E-state index contributed by atoms with van der Waals surface area (Å²) in [6.07, 6.45) is 0. The molecule has 1 aliphatic heterocycles. The molecule has 0 saturated carbocycles. The van der Waals surface area contributed by atoms with Gasteiger partial charge in [0.15, 0.2) is 0 Å². The van der Waals surface area contributed by atoms with Crippen LogP contribution in [-0.4, -0.2) is 26.2 Å². The lowest BCUT2D eigenvalue weighted by atomic mass is 9.97. The molecule has 0 amide bonds. The zero-order valence-corrected chi connectivity index (χ0v) is 12.3. The van der Waals surface area contributed by atoms with Crippen molar-refractivity contribution in [3.63, 3.8) is 0 Å². The Morgan fingerprint density at radius 2 is 1.60 bits per heavy atom. The average Bonchev–Trinajstić information content (AvgIpc) is 2.51. The van der Waals surface area contributed by atoms with Crippen molar-refractivity contribution in [2.75, 3.05) is 31.1 Å². The molecule has 0 bridgehead atoms. The highest BCUT2D eigenvalue weighted by Crippen LogP contribution is 2.27. The van der Waals surface area contributed by atoms with Gasteiger partial charge in [0, 0.05) is 31.9 Å². The van der Waals surface area contributed by atoms with E-state index in [1.807, 2.05) is 0 Å². The first-order valence-electron chi connectivity index (χ1n) is 7.38. The van der Waals surface area contributed by atoms with E-state index in [2.05, 4.69) is 66.5 Å². The predicted molar refractivity (Wildman–Crippen MR) is 86.4 cm³/mol. The van der Waals surface area contributed by atoms with E-state index in [1.54, 1.807) is 0 Å². The van der Waals surface area contributed by atoms with Crippen molar-refractivity contribution < 1.29 is 0 Å². The highest BCUT2D eigenvalue weighted by atomic mass is 15.2. The molecule has 0 radical (unpaired) electrons. The Balaban J connectivity index is 1.87. The summed E-state index contributed by atoms with van der Waals surface area (Å²) in [5, 5.41) is 3.39. The third-order valence-electron chi connectivity index (χ3n) is 4.27. The van der Waals surface area contributed by atoms with Crippen molar-refractivity contribution in [1.82, 2.24) is 5.32 Å². The van der Waals surface area contributed by atoms with Gasteiger partial charge in [0.05, 0.1) is 0 Å². The molecule has 20 heavy (non-hydrogen) atoms. The van der Waals surface area contributed by atoms with Crippen LogP contribution in [0.3, 0.4) is 0 Å². The molecule has 1 fully saturated rings. The van der Waals surface area contributed by atoms with E-state index in [0.29, 0.717) is 0 Å². The highest BCUT2D eigenvalue weighted by molar-refractivity contribution is 5.70. The Morgan fingerprint density at radius 3 is 2.30 bits per heavy atom. The number of nitrogens with one attached hydrogen (secondary N) is 1. The quantitative estimate of drug-likeness (QED) is 0.896. The summed E-state index contributed by atoms with van der Waals surface area (Å²) >= 11 is 0. The van der Waals surface area contributed by atoms with Crippen LogP contribution in [0.5, 0.6) is 0 Å². The second-order valence-corrected chi connectivity index (χ2v) is 5.53. The summed E-state index contributed by atoms with van der Waals surface area (Å²) in [5.41, 5.74) is 6.72. The van der Waals surface area contributed by atoms with Crippen LogP contribution < -0.4 is 10.2 Å². The van der Waals surface area contributed by atoms with E-state index >= 15 is 0 Å². The summed E-state index contributed by atoms with van der Waals surface area (Å²) in [5.74, 6) is 0. The van der Waals surface area contributed by atoms with E-state index < -0.39 is 0 Å². The maximum atomic E-state index is 3.39. The van der Waals surface area contributed by atoms with Crippen LogP contribution in [0.2, 0.25) is 0 Å². The molecule has 1 aliphatic rings. The average molecular weight is 266 g/mol. The first-order valence-corrected chi connectivity index (χ1v) is 7.38. The minimum absolute atomic E-state index is 1.08. The van der Waals surface area contributed by atoms with Crippen LogP contribution in [0, 0.1) is 13.8 Å². The van der Waals surface area contributed by atoms with Crippen LogP contribution >= 0.6 is 0 Å². The molecule has 2 heteroatoms. The molecule has 0 unspecified atom stereocenters. The molecule has 2 nitrogen and oxygen atoms in total. The van der Waals surface area contributed by atoms with Gasteiger partial charge in [0.1, 0.15) is 0 Å². The fourth-order valence-electron chi connectivity index (χ4n) is 2.84. The number of rotatable bonds is 2. The fourth-order valence-corrected chi connectivity index (χ4v) is 2.84. The lowest BCUT2D eigenvalue weighted by molar-refractivity contribution is 0.589. The second kappa shape index (κ2) is 5.68. The number of hydrogen-bond donors (Lipinski definition) is 1. The highest BCUT2D eigenvalue weighted by Gasteiger charge is 2.10. The monoisotopic (exact) mass is 266 g/mol.